The van der Waals surface area contributed by atoms with E-state index in [1.54, 1.807) is 30.5 Å². The van der Waals surface area contributed by atoms with Gasteiger partial charge in [-0.25, -0.2) is 4.39 Å². The molecule has 0 aliphatic heterocycles. The lowest BCUT2D eigenvalue weighted by Crippen LogP contribution is -2.42. The third kappa shape index (κ3) is 7.39. The van der Waals surface area contributed by atoms with Crippen molar-refractivity contribution in [1.29, 1.82) is 0 Å². The van der Waals surface area contributed by atoms with E-state index < -0.39 is 11.8 Å². The average Bonchev–Trinajstić information content (AvgIpc) is 3.09. The molecule has 1 aromatic carbocycles. The molecular formula is C17H22FIN4OS. The van der Waals surface area contributed by atoms with Crippen LogP contribution in [0.25, 0.3) is 0 Å². The summed E-state index contributed by atoms with van der Waals surface area (Å²) in [7, 11) is 1.67. The van der Waals surface area contributed by atoms with Crippen molar-refractivity contribution < 1.29 is 9.18 Å². The maximum Gasteiger partial charge on any atom is 0.222 e. The van der Waals surface area contributed by atoms with Gasteiger partial charge < -0.3 is 16.4 Å². The van der Waals surface area contributed by atoms with Crippen LogP contribution in [0.1, 0.15) is 11.1 Å². The van der Waals surface area contributed by atoms with Crippen molar-refractivity contribution >= 4 is 47.2 Å². The van der Waals surface area contributed by atoms with Crippen molar-refractivity contribution in [3.8, 4) is 0 Å². The summed E-state index contributed by atoms with van der Waals surface area (Å²) in [5.74, 6) is -0.507. The van der Waals surface area contributed by atoms with E-state index in [4.69, 9.17) is 5.73 Å². The third-order valence-corrected chi connectivity index (χ3v) is 4.31. The fourth-order valence-corrected chi connectivity index (χ4v) is 2.87. The number of benzene rings is 1. The highest BCUT2D eigenvalue weighted by atomic mass is 127. The second kappa shape index (κ2) is 11.0. The van der Waals surface area contributed by atoms with E-state index in [9.17, 15) is 9.18 Å². The summed E-state index contributed by atoms with van der Waals surface area (Å²) < 4.78 is 13.0. The molecule has 0 saturated carbocycles. The second-order valence-electron chi connectivity index (χ2n) is 5.37. The van der Waals surface area contributed by atoms with E-state index in [-0.39, 0.29) is 29.8 Å². The van der Waals surface area contributed by atoms with Gasteiger partial charge in [-0.3, -0.25) is 9.79 Å². The molecule has 136 valence electrons. The lowest BCUT2D eigenvalue weighted by atomic mass is 9.98. The summed E-state index contributed by atoms with van der Waals surface area (Å²) in [6, 6.07) is 8.11. The third-order valence-electron chi connectivity index (χ3n) is 3.58. The van der Waals surface area contributed by atoms with Crippen LogP contribution in [0.2, 0.25) is 0 Å². The average molecular weight is 476 g/mol. The highest BCUT2D eigenvalue weighted by molar-refractivity contribution is 14.0. The number of guanidine groups is 1. The number of aliphatic imine (C=N–C) groups is 1. The van der Waals surface area contributed by atoms with Gasteiger partial charge in [0.2, 0.25) is 5.91 Å². The van der Waals surface area contributed by atoms with E-state index in [2.05, 4.69) is 21.0 Å². The van der Waals surface area contributed by atoms with Crippen LogP contribution in [-0.4, -0.2) is 25.5 Å². The first kappa shape index (κ1) is 21.4. The molecule has 1 heterocycles. The van der Waals surface area contributed by atoms with Crippen molar-refractivity contribution in [1.82, 2.24) is 10.6 Å². The predicted molar refractivity (Wildman–Crippen MR) is 111 cm³/mol. The second-order valence-corrected chi connectivity index (χ2v) is 6.15. The number of amides is 1. The molecule has 0 saturated heterocycles. The molecule has 1 unspecified atom stereocenters. The van der Waals surface area contributed by atoms with Gasteiger partial charge in [0.25, 0.3) is 0 Å². The Bertz CT molecular complexity index is 676. The first-order valence-electron chi connectivity index (χ1n) is 7.58. The number of rotatable bonds is 7. The molecule has 5 nitrogen and oxygen atoms in total. The van der Waals surface area contributed by atoms with Crippen LogP contribution in [0.15, 0.2) is 46.1 Å². The highest BCUT2D eigenvalue weighted by Gasteiger charge is 2.16. The van der Waals surface area contributed by atoms with Gasteiger partial charge in [-0.1, -0.05) is 12.1 Å². The lowest BCUT2D eigenvalue weighted by Gasteiger charge is -2.17. The Morgan fingerprint density at radius 3 is 2.52 bits per heavy atom. The number of halogens is 2. The molecule has 2 rings (SSSR count). The van der Waals surface area contributed by atoms with Gasteiger partial charge in [-0.15, -0.1) is 24.0 Å². The van der Waals surface area contributed by atoms with E-state index in [0.29, 0.717) is 25.5 Å². The topological polar surface area (TPSA) is 79.5 Å². The highest BCUT2D eigenvalue weighted by Crippen LogP contribution is 2.10. The van der Waals surface area contributed by atoms with Crippen LogP contribution in [0.3, 0.4) is 0 Å². The van der Waals surface area contributed by atoms with Crippen LogP contribution in [-0.2, 0) is 17.8 Å². The summed E-state index contributed by atoms with van der Waals surface area (Å²) in [5.41, 5.74) is 7.51. The zero-order valence-electron chi connectivity index (χ0n) is 13.9. The molecule has 0 bridgehead atoms. The van der Waals surface area contributed by atoms with Crippen molar-refractivity contribution in [2.45, 2.75) is 13.0 Å². The maximum atomic E-state index is 13.0. The SMILES string of the molecule is CN=C(NCc1ccsc1)NCC(Cc1ccc(F)cc1)C(N)=O.I. The Kier molecular flexibility index (Phi) is 9.43. The summed E-state index contributed by atoms with van der Waals surface area (Å²) in [5, 5.41) is 10.4. The number of carbonyl (C=O) groups is 1. The standard InChI is InChI=1S/C17H21FN4OS.HI/c1-20-17(21-9-13-6-7-24-11-13)22-10-14(16(19)23)8-12-2-4-15(18)5-3-12;/h2-7,11,14H,8-10H2,1H3,(H2,19,23)(H2,20,21,22);1H. The lowest BCUT2D eigenvalue weighted by molar-refractivity contribution is -0.121. The minimum absolute atomic E-state index is 0. The van der Waals surface area contributed by atoms with E-state index in [0.717, 1.165) is 5.56 Å². The number of carbonyl (C=O) groups excluding carboxylic acids is 1. The van der Waals surface area contributed by atoms with E-state index >= 15 is 0 Å². The van der Waals surface area contributed by atoms with Crippen LogP contribution >= 0.6 is 35.3 Å². The van der Waals surface area contributed by atoms with Crippen molar-refractivity contribution in [2.24, 2.45) is 16.6 Å². The van der Waals surface area contributed by atoms with Crippen LogP contribution in [0.4, 0.5) is 4.39 Å². The fraction of sp³-hybridized carbons (Fsp3) is 0.294. The van der Waals surface area contributed by atoms with Gasteiger partial charge in [0.1, 0.15) is 5.82 Å². The van der Waals surface area contributed by atoms with Gasteiger partial charge in [0.15, 0.2) is 5.96 Å². The molecule has 4 N–H and O–H groups in total. The van der Waals surface area contributed by atoms with Crippen LogP contribution in [0.5, 0.6) is 0 Å². The fourth-order valence-electron chi connectivity index (χ4n) is 2.20. The zero-order valence-corrected chi connectivity index (χ0v) is 17.0. The van der Waals surface area contributed by atoms with E-state index in [1.807, 2.05) is 11.4 Å². The molecule has 8 heteroatoms. The van der Waals surface area contributed by atoms with Crippen molar-refractivity contribution in [3.63, 3.8) is 0 Å². The number of hydrogen-bond donors (Lipinski definition) is 3. The number of thiophene rings is 1. The number of nitrogens with one attached hydrogen (secondary N) is 2. The normalized spacial score (nSPS) is 12.2. The van der Waals surface area contributed by atoms with Gasteiger partial charge in [0.05, 0.1) is 5.92 Å². The monoisotopic (exact) mass is 476 g/mol. The zero-order chi connectivity index (χ0) is 17.4. The molecule has 0 spiro atoms. The molecule has 0 aliphatic carbocycles. The summed E-state index contributed by atoms with van der Waals surface area (Å²) >= 11 is 1.64. The Labute approximate surface area is 167 Å². The minimum Gasteiger partial charge on any atom is -0.369 e. The Hall–Kier alpha value is -1.68. The first-order valence-corrected chi connectivity index (χ1v) is 8.52. The largest absolute Gasteiger partial charge is 0.369 e. The molecule has 0 radical (unpaired) electrons. The molecule has 1 amide bonds. The molecule has 1 aromatic heterocycles. The van der Waals surface area contributed by atoms with Crippen molar-refractivity contribution in [3.05, 3.63) is 58.0 Å². The molecule has 1 atom stereocenters. The van der Waals surface area contributed by atoms with Gasteiger partial charge in [0, 0.05) is 20.1 Å². The van der Waals surface area contributed by atoms with Gasteiger partial charge in [-0.2, -0.15) is 11.3 Å². The van der Waals surface area contributed by atoms with E-state index in [1.165, 1.54) is 17.7 Å². The van der Waals surface area contributed by atoms with Gasteiger partial charge >= 0.3 is 0 Å². The number of primary amides is 1. The first-order chi connectivity index (χ1) is 11.6. The predicted octanol–water partition coefficient (Wildman–Crippen LogP) is 2.51. The number of hydrogen-bond acceptors (Lipinski definition) is 3. The molecule has 2 aromatic rings. The maximum absolute atomic E-state index is 13.0. The Morgan fingerprint density at radius 1 is 1.24 bits per heavy atom. The molecule has 0 aliphatic rings. The molecule has 0 fully saturated rings. The molecular weight excluding hydrogens is 454 g/mol. The van der Waals surface area contributed by atoms with Crippen LogP contribution in [0, 0.1) is 11.7 Å². The Morgan fingerprint density at radius 2 is 1.96 bits per heavy atom. The minimum atomic E-state index is -0.407. The van der Waals surface area contributed by atoms with Crippen molar-refractivity contribution in [2.75, 3.05) is 13.6 Å². The molecule has 25 heavy (non-hydrogen) atoms. The smallest absolute Gasteiger partial charge is 0.222 e. The van der Waals surface area contributed by atoms with Gasteiger partial charge in [-0.05, 0) is 46.5 Å². The van der Waals surface area contributed by atoms with Crippen LogP contribution < -0.4 is 16.4 Å². The Balaban J connectivity index is 0.00000312. The quantitative estimate of drug-likeness (QED) is 0.327. The summed E-state index contributed by atoms with van der Waals surface area (Å²) in [4.78, 5) is 15.8. The number of nitrogens with two attached hydrogens (primary N) is 1. The summed E-state index contributed by atoms with van der Waals surface area (Å²) in [6.45, 7) is 1.01. The summed E-state index contributed by atoms with van der Waals surface area (Å²) in [6.07, 6.45) is 0.449. The number of nitrogens with zero attached hydrogens (tertiary/aromatic N) is 1.